The monoisotopic (exact) mass is 283 g/mol. The molecule has 0 amide bonds. The van der Waals surface area contributed by atoms with Crippen LogP contribution in [0.1, 0.15) is 19.6 Å². The van der Waals surface area contributed by atoms with Crippen LogP contribution in [0, 0.1) is 17.1 Å². The van der Waals surface area contributed by atoms with Gasteiger partial charge in [-0.1, -0.05) is 0 Å². The topological polar surface area (TPSA) is 114 Å². The highest BCUT2D eigenvalue weighted by atomic mass is 19.1. The molecule has 2 rings (SSSR count). The Morgan fingerprint density at radius 2 is 2.35 bits per heavy atom. The van der Waals surface area contributed by atoms with Crippen molar-refractivity contribution in [2.24, 2.45) is 0 Å². The van der Waals surface area contributed by atoms with Crippen LogP contribution in [0.5, 0.6) is 0 Å². The largest absolute Gasteiger partial charge is 0.458 e. The van der Waals surface area contributed by atoms with Crippen LogP contribution in [-0.4, -0.2) is 27.7 Å². The Morgan fingerprint density at radius 3 is 2.95 bits per heavy atom. The van der Waals surface area contributed by atoms with Gasteiger partial charge in [-0.05, 0) is 0 Å². The minimum absolute atomic E-state index is 0.00317. The second-order valence-corrected chi connectivity index (χ2v) is 4.17. The average Bonchev–Trinajstić information content (AvgIpc) is 2.75. The summed E-state index contributed by atoms with van der Waals surface area (Å²) in [4.78, 5) is 35.2. The van der Waals surface area contributed by atoms with E-state index in [1.807, 2.05) is 0 Å². The van der Waals surface area contributed by atoms with Gasteiger partial charge >= 0.3 is 11.7 Å². The van der Waals surface area contributed by atoms with Gasteiger partial charge in [0.1, 0.15) is 12.3 Å². The predicted octanol–water partition coefficient (Wildman–Crippen LogP) is -0.582. The summed E-state index contributed by atoms with van der Waals surface area (Å²) in [7, 11) is 0. The molecule has 20 heavy (non-hydrogen) atoms. The number of aromatic amines is 1. The van der Waals surface area contributed by atoms with Gasteiger partial charge in [-0.15, -0.1) is 0 Å². The predicted molar refractivity (Wildman–Crippen MR) is 61.0 cm³/mol. The lowest BCUT2D eigenvalue weighted by Gasteiger charge is -2.12. The summed E-state index contributed by atoms with van der Waals surface area (Å²) in [5.41, 5.74) is -2.01. The molecule has 0 unspecified atom stereocenters. The van der Waals surface area contributed by atoms with Crippen LogP contribution in [0.3, 0.4) is 0 Å². The number of hydrogen-bond acceptors (Lipinski definition) is 6. The van der Waals surface area contributed by atoms with E-state index in [2.05, 4.69) is 0 Å². The molecule has 2 heterocycles. The maximum absolute atomic E-state index is 13.2. The molecule has 0 aliphatic carbocycles. The maximum atomic E-state index is 13.2. The number of H-pyrrole nitrogens is 1. The van der Waals surface area contributed by atoms with Crippen LogP contribution in [0.2, 0.25) is 0 Å². The summed E-state index contributed by atoms with van der Waals surface area (Å²) >= 11 is 0. The zero-order chi connectivity index (χ0) is 14.9. The third-order valence-electron chi connectivity index (χ3n) is 2.75. The van der Waals surface area contributed by atoms with Crippen LogP contribution in [-0.2, 0) is 14.3 Å². The maximum Gasteiger partial charge on any atom is 0.330 e. The molecule has 0 aromatic carbocycles. The first-order valence-corrected chi connectivity index (χ1v) is 5.65. The van der Waals surface area contributed by atoms with Gasteiger partial charge in [0.2, 0.25) is 5.82 Å². The van der Waals surface area contributed by atoms with Crippen molar-refractivity contribution in [1.82, 2.24) is 9.55 Å². The number of halogens is 1. The standard InChI is InChI=1S/C11H10FN3O5/c1-5(16)19-7-2-9(20-8(7)3-13)15-4-6(12)10(17)14-11(15)18/h4,7-9H,2H2,1H3,(H,14,17,18)/t7-,8+,9+/m0/s1. The molecule has 1 saturated heterocycles. The van der Waals surface area contributed by atoms with Crippen LogP contribution >= 0.6 is 0 Å². The summed E-state index contributed by atoms with van der Waals surface area (Å²) < 4.78 is 24.1. The number of aromatic nitrogens is 2. The van der Waals surface area contributed by atoms with E-state index in [1.165, 1.54) is 6.92 Å². The van der Waals surface area contributed by atoms with E-state index >= 15 is 0 Å². The average molecular weight is 283 g/mol. The van der Waals surface area contributed by atoms with Crippen molar-refractivity contribution in [1.29, 1.82) is 5.26 Å². The molecule has 1 N–H and O–H groups in total. The minimum Gasteiger partial charge on any atom is -0.458 e. The number of carbonyl (C=O) groups is 1. The first-order valence-electron chi connectivity index (χ1n) is 5.65. The Hall–Kier alpha value is -2.47. The fraction of sp³-hybridized carbons (Fsp3) is 0.455. The normalized spacial score (nSPS) is 25.1. The molecule has 106 valence electrons. The highest BCUT2D eigenvalue weighted by Gasteiger charge is 2.39. The molecule has 0 bridgehead atoms. The third kappa shape index (κ3) is 2.60. The number of hydrogen-bond donors (Lipinski definition) is 1. The highest BCUT2D eigenvalue weighted by molar-refractivity contribution is 5.66. The van der Waals surface area contributed by atoms with Gasteiger partial charge in [-0.2, -0.15) is 9.65 Å². The van der Waals surface area contributed by atoms with Crippen LogP contribution in [0.15, 0.2) is 15.8 Å². The number of nitriles is 1. The Kier molecular flexibility index (Phi) is 3.67. The Labute approximate surface area is 111 Å². The van der Waals surface area contributed by atoms with E-state index in [-0.39, 0.29) is 6.42 Å². The van der Waals surface area contributed by atoms with Gasteiger partial charge in [0.05, 0.1) is 12.3 Å². The molecule has 1 aliphatic heterocycles. The smallest absolute Gasteiger partial charge is 0.330 e. The molecule has 0 spiro atoms. The SMILES string of the molecule is CC(=O)O[C@H]1C[C@H](n2cc(F)c(=O)[nH]c2=O)O[C@@H]1C#N. The lowest BCUT2D eigenvalue weighted by atomic mass is 10.2. The van der Waals surface area contributed by atoms with Crippen LogP contribution < -0.4 is 11.2 Å². The van der Waals surface area contributed by atoms with E-state index in [4.69, 9.17) is 14.7 Å². The molecule has 1 aliphatic rings. The van der Waals surface area contributed by atoms with Gasteiger partial charge in [0, 0.05) is 13.3 Å². The number of carbonyl (C=O) groups excluding carboxylic acids is 1. The number of nitrogens with zero attached hydrogens (tertiary/aromatic N) is 2. The van der Waals surface area contributed by atoms with Gasteiger partial charge < -0.3 is 9.47 Å². The van der Waals surface area contributed by atoms with Crippen molar-refractivity contribution in [3.05, 3.63) is 32.9 Å². The van der Waals surface area contributed by atoms with Gasteiger partial charge in [0.15, 0.2) is 6.10 Å². The number of esters is 1. The molecule has 1 aromatic rings. The van der Waals surface area contributed by atoms with Gasteiger partial charge in [-0.25, -0.2) is 4.79 Å². The van der Waals surface area contributed by atoms with Crippen molar-refractivity contribution in [3.63, 3.8) is 0 Å². The van der Waals surface area contributed by atoms with Crippen LogP contribution in [0.4, 0.5) is 4.39 Å². The van der Waals surface area contributed by atoms with Gasteiger partial charge in [0.25, 0.3) is 5.56 Å². The molecule has 3 atom stereocenters. The van der Waals surface area contributed by atoms with Crippen molar-refractivity contribution < 1.29 is 18.7 Å². The Bertz CT molecular complexity index is 689. The Balaban J connectivity index is 2.30. The van der Waals surface area contributed by atoms with Gasteiger partial charge in [-0.3, -0.25) is 19.1 Å². The van der Waals surface area contributed by atoms with E-state index in [9.17, 15) is 18.8 Å². The Morgan fingerprint density at radius 1 is 1.65 bits per heavy atom. The van der Waals surface area contributed by atoms with Crippen LogP contribution in [0.25, 0.3) is 0 Å². The van der Waals surface area contributed by atoms with E-state index in [0.29, 0.717) is 6.20 Å². The molecule has 9 heteroatoms. The summed E-state index contributed by atoms with van der Waals surface area (Å²) in [6.07, 6.45) is -2.22. The van der Waals surface area contributed by atoms with Crippen molar-refractivity contribution in [2.75, 3.05) is 0 Å². The lowest BCUT2D eigenvalue weighted by Crippen LogP contribution is -2.33. The summed E-state index contributed by atoms with van der Waals surface area (Å²) in [5.74, 6) is -1.75. The first-order chi connectivity index (χ1) is 9.42. The molecule has 0 saturated carbocycles. The first kappa shape index (κ1) is 14.0. The summed E-state index contributed by atoms with van der Waals surface area (Å²) in [5, 5.41) is 8.90. The molecule has 0 radical (unpaired) electrons. The number of ether oxygens (including phenoxy) is 2. The zero-order valence-electron chi connectivity index (χ0n) is 10.3. The number of nitrogens with one attached hydrogen (secondary N) is 1. The quantitative estimate of drug-likeness (QED) is 0.726. The fourth-order valence-corrected chi connectivity index (χ4v) is 1.93. The van der Waals surface area contributed by atoms with E-state index < -0.39 is 41.5 Å². The molecule has 1 fully saturated rings. The third-order valence-corrected chi connectivity index (χ3v) is 2.75. The second kappa shape index (κ2) is 5.26. The minimum atomic E-state index is -1.15. The van der Waals surface area contributed by atoms with E-state index in [1.54, 1.807) is 11.1 Å². The molecule has 8 nitrogen and oxygen atoms in total. The van der Waals surface area contributed by atoms with Crippen molar-refractivity contribution >= 4 is 5.97 Å². The highest BCUT2D eigenvalue weighted by Crippen LogP contribution is 2.29. The van der Waals surface area contributed by atoms with E-state index in [0.717, 1.165) is 4.57 Å². The zero-order valence-corrected chi connectivity index (χ0v) is 10.3. The van der Waals surface area contributed by atoms with Crippen molar-refractivity contribution in [3.8, 4) is 6.07 Å². The summed E-state index contributed by atoms with van der Waals surface area (Å²) in [6.45, 7) is 1.17. The molecular weight excluding hydrogens is 273 g/mol. The van der Waals surface area contributed by atoms with Crippen molar-refractivity contribution in [2.45, 2.75) is 31.8 Å². The molecule has 1 aromatic heterocycles. The number of rotatable bonds is 2. The lowest BCUT2D eigenvalue weighted by molar-refractivity contribution is -0.147. The molecular formula is C11H10FN3O5. The summed E-state index contributed by atoms with van der Waals surface area (Å²) in [6, 6.07) is 1.78. The second-order valence-electron chi connectivity index (χ2n) is 4.17. The fourth-order valence-electron chi connectivity index (χ4n) is 1.93.